The minimum Gasteiger partial charge on any atom is -0.313 e. The summed E-state index contributed by atoms with van der Waals surface area (Å²) in [5.41, 5.74) is 0.727. The van der Waals surface area contributed by atoms with Gasteiger partial charge in [0.05, 0.1) is 0 Å². The number of aryl methyl sites for hydroxylation is 1. The van der Waals surface area contributed by atoms with Crippen LogP contribution in [0.5, 0.6) is 0 Å². The Morgan fingerprint density at radius 3 is 2.91 bits per heavy atom. The highest BCUT2D eigenvalue weighted by atomic mass is 35.5. The van der Waals surface area contributed by atoms with Gasteiger partial charge in [0, 0.05) is 23.8 Å². The van der Waals surface area contributed by atoms with E-state index >= 15 is 0 Å². The van der Waals surface area contributed by atoms with E-state index in [1.165, 1.54) is 16.2 Å². The third-order valence-corrected chi connectivity index (χ3v) is 4.31. The highest BCUT2D eigenvalue weighted by Gasteiger charge is 2.31. The number of urea groups is 1. The number of nitrogens with one attached hydrogen (secondary N) is 1. The second-order valence-corrected chi connectivity index (χ2v) is 6.63. The van der Waals surface area contributed by atoms with Crippen LogP contribution in [0, 0.1) is 6.92 Å². The number of amides is 3. The van der Waals surface area contributed by atoms with Crippen LogP contribution in [0.25, 0.3) is 0 Å². The lowest BCUT2D eigenvalue weighted by Crippen LogP contribution is -2.37. The summed E-state index contributed by atoms with van der Waals surface area (Å²) >= 11 is 7.25. The van der Waals surface area contributed by atoms with E-state index in [0.717, 1.165) is 10.7 Å². The summed E-state index contributed by atoms with van der Waals surface area (Å²) in [6.07, 6.45) is 0. The number of hydrogen-bond donors (Lipinski definition) is 1. The zero-order valence-electron chi connectivity index (χ0n) is 12.3. The van der Waals surface area contributed by atoms with Crippen LogP contribution < -0.4 is 10.2 Å². The summed E-state index contributed by atoms with van der Waals surface area (Å²) in [6, 6.07) is 6.87. The lowest BCUT2D eigenvalue weighted by atomic mass is 10.3. The summed E-state index contributed by atoms with van der Waals surface area (Å²) in [6.45, 7) is 2.78. The van der Waals surface area contributed by atoms with E-state index in [9.17, 15) is 9.59 Å². The van der Waals surface area contributed by atoms with Gasteiger partial charge in [0.25, 0.3) is 0 Å². The molecule has 120 valence electrons. The maximum atomic E-state index is 12.4. The van der Waals surface area contributed by atoms with Crippen LogP contribution in [0.2, 0.25) is 5.02 Å². The monoisotopic (exact) mass is 351 g/mol. The molecule has 23 heavy (non-hydrogen) atoms. The molecule has 0 saturated carbocycles. The Hall–Kier alpha value is -2.19. The maximum Gasteiger partial charge on any atom is 0.325 e. The average molecular weight is 352 g/mol. The number of carbonyl (C=O) groups excluding carboxylic acids is 2. The topological polar surface area (TPSA) is 78.4 Å². The number of carbonyl (C=O) groups is 2. The number of aromatic nitrogens is 2. The van der Waals surface area contributed by atoms with Crippen LogP contribution in [-0.4, -0.2) is 46.7 Å². The molecule has 0 radical (unpaired) electrons. The smallest absolute Gasteiger partial charge is 0.313 e. The van der Waals surface area contributed by atoms with E-state index in [4.69, 9.17) is 11.6 Å². The molecule has 3 amide bonds. The molecular weight excluding hydrogens is 338 g/mol. The fourth-order valence-electron chi connectivity index (χ4n) is 2.29. The molecular formula is C14H14ClN5O2S. The molecule has 1 aliphatic heterocycles. The van der Waals surface area contributed by atoms with E-state index < -0.39 is 0 Å². The van der Waals surface area contributed by atoms with Gasteiger partial charge in [0.1, 0.15) is 11.6 Å². The number of hydrogen-bond acceptors (Lipinski definition) is 5. The third-order valence-electron chi connectivity index (χ3n) is 3.32. The first-order valence-electron chi connectivity index (χ1n) is 6.95. The van der Waals surface area contributed by atoms with Crippen LogP contribution in [0.3, 0.4) is 0 Å². The first-order valence-corrected chi connectivity index (χ1v) is 8.14. The number of benzene rings is 1. The molecule has 0 unspecified atom stereocenters. The van der Waals surface area contributed by atoms with E-state index in [2.05, 4.69) is 15.5 Å². The molecule has 1 fully saturated rings. The molecule has 1 saturated heterocycles. The Kier molecular flexibility index (Phi) is 4.44. The molecule has 0 bridgehead atoms. The van der Waals surface area contributed by atoms with Crippen molar-refractivity contribution in [3.63, 3.8) is 0 Å². The van der Waals surface area contributed by atoms with Crippen molar-refractivity contribution in [1.29, 1.82) is 0 Å². The van der Waals surface area contributed by atoms with Gasteiger partial charge >= 0.3 is 6.03 Å². The molecule has 2 aromatic rings. The summed E-state index contributed by atoms with van der Waals surface area (Å²) in [5.74, 6) is -0.289. The number of nitrogens with zero attached hydrogens (tertiary/aromatic N) is 4. The molecule has 1 aliphatic rings. The van der Waals surface area contributed by atoms with Crippen LogP contribution >= 0.6 is 22.9 Å². The third kappa shape index (κ3) is 3.59. The zero-order valence-corrected chi connectivity index (χ0v) is 13.9. The van der Waals surface area contributed by atoms with Crippen LogP contribution in [0.15, 0.2) is 24.3 Å². The number of anilines is 2. The van der Waals surface area contributed by atoms with Gasteiger partial charge < -0.3 is 4.90 Å². The van der Waals surface area contributed by atoms with Crippen LogP contribution in [0.1, 0.15) is 5.01 Å². The van der Waals surface area contributed by atoms with E-state index in [0.29, 0.717) is 23.2 Å². The largest absolute Gasteiger partial charge is 0.325 e. The Balaban J connectivity index is 1.61. The highest BCUT2D eigenvalue weighted by molar-refractivity contribution is 7.15. The van der Waals surface area contributed by atoms with Crippen molar-refractivity contribution < 1.29 is 9.59 Å². The molecule has 1 aromatic carbocycles. The molecule has 1 N–H and O–H groups in total. The van der Waals surface area contributed by atoms with Gasteiger partial charge in [-0.2, -0.15) is 0 Å². The first kappa shape index (κ1) is 15.7. The van der Waals surface area contributed by atoms with Gasteiger partial charge in [-0.25, -0.2) is 4.79 Å². The van der Waals surface area contributed by atoms with Gasteiger partial charge in [0.15, 0.2) is 0 Å². The normalized spacial score (nSPS) is 14.4. The first-order chi connectivity index (χ1) is 11.0. The minimum absolute atomic E-state index is 0.0193. The predicted molar refractivity (Wildman–Crippen MR) is 89.0 cm³/mol. The second-order valence-electron chi connectivity index (χ2n) is 5.01. The Morgan fingerprint density at radius 2 is 2.22 bits per heavy atom. The quantitative estimate of drug-likeness (QED) is 0.917. The summed E-state index contributed by atoms with van der Waals surface area (Å²) in [7, 11) is 0. The molecule has 3 rings (SSSR count). The van der Waals surface area contributed by atoms with E-state index in [-0.39, 0.29) is 18.5 Å². The average Bonchev–Trinajstić information content (AvgIpc) is 3.06. The minimum atomic E-state index is -0.289. The van der Waals surface area contributed by atoms with Crippen molar-refractivity contribution in [3.8, 4) is 0 Å². The van der Waals surface area contributed by atoms with Crippen molar-refractivity contribution >= 4 is 45.7 Å². The van der Waals surface area contributed by atoms with Gasteiger partial charge in [-0.05, 0) is 25.1 Å². The molecule has 0 atom stereocenters. The predicted octanol–water partition coefficient (Wildman–Crippen LogP) is 2.38. The van der Waals surface area contributed by atoms with Gasteiger partial charge in [-0.15, -0.1) is 10.2 Å². The molecule has 1 aromatic heterocycles. The number of rotatable bonds is 4. The summed E-state index contributed by atoms with van der Waals surface area (Å²) < 4.78 is 0. The van der Waals surface area contributed by atoms with Crippen molar-refractivity contribution in [2.75, 3.05) is 29.9 Å². The fourth-order valence-corrected chi connectivity index (χ4v) is 3.08. The second kappa shape index (κ2) is 6.51. The van der Waals surface area contributed by atoms with Crippen molar-refractivity contribution in [2.24, 2.45) is 0 Å². The van der Waals surface area contributed by atoms with Gasteiger partial charge in [0.2, 0.25) is 11.0 Å². The van der Waals surface area contributed by atoms with Gasteiger partial charge in [-0.1, -0.05) is 29.0 Å². The Labute approximate surface area is 141 Å². The van der Waals surface area contributed by atoms with E-state index in [1.807, 2.05) is 6.07 Å². The molecule has 0 aliphatic carbocycles. The Morgan fingerprint density at radius 1 is 1.39 bits per heavy atom. The zero-order chi connectivity index (χ0) is 16.4. The maximum absolute atomic E-state index is 12.4. The summed E-state index contributed by atoms with van der Waals surface area (Å²) in [4.78, 5) is 27.5. The molecule has 9 heteroatoms. The lowest BCUT2D eigenvalue weighted by Gasteiger charge is -2.18. The standard InChI is InChI=1S/C14H14ClN5O2S/c1-9-17-18-13(23-9)16-12(21)8-19-5-6-20(14(19)22)11-4-2-3-10(15)7-11/h2-4,7H,5-6,8H2,1H3,(H,16,18,21). The van der Waals surface area contributed by atoms with Crippen LogP contribution in [0.4, 0.5) is 15.6 Å². The summed E-state index contributed by atoms with van der Waals surface area (Å²) in [5, 5.41) is 12.1. The Bertz CT molecular complexity index is 750. The SMILES string of the molecule is Cc1nnc(NC(=O)CN2CCN(c3cccc(Cl)c3)C2=O)s1. The fraction of sp³-hybridized carbons (Fsp3) is 0.286. The van der Waals surface area contributed by atoms with Gasteiger partial charge in [-0.3, -0.25) is 15.0 Å². The van der Waals surface area contributed by atoms with Crippen molar-refractivity contribution in [2.45, 2.75) is 6.92 Å². The van der Waals surface area contributed by atoms with Crippen molar-refractivity contribution in [3.05, 3.63) is 34.3 Å². The molecule has 0 spiro atoms. The molecule has 7 nitrogen and oxygen atoms in total. The van der Waals surface area contributed by atoms with Crippen molar-refractivity contribution in [1.82, 2.24) is 15.1 Å². The highest BCUT2D eigenvalue weighted by Crippen LogP contribution is 2.23. The lowest BCUT2D eigenvalue weighted by molar-refractivity contribution is -0.116. The van der Waals surface area contributed by atoms with Crippen LogP contribution in [-0.2, 0) is 4.79 Å². The number of halogens is 1. The van der Waals surface area contributed by atoms with E-state index in [1.54, 1.807) is 30.0 Å². The molecule has 2 heterocycles.